The number of amides is 2. The maximum absolute atomic E-state index is 12.5. The molecule has 1 aliphatic heterocycles. The molecule has 1 atom stereocenters. The predicted molar refractivity (Wildman–Crippen MR) is 98.4 cm³/mol. The van der Waals surface area contributed by atoms with Gasteiger partial charge in [-0.3, -0.25) is 9.59 Å². The summed E-state index contributed by atoms with van der Waals surface area (Å²) in [6.45, 7) is 4.25. The Hall–Kier alpha value is -3.15. The quantitative estimate of drug-likeness (QED) is 0.886. The molecular weight excluding hydrogens is 332 g/mol. The van der Waals surface area contributed by atoms with Crippen LogP contribution in [-0.4, -0.2) is 29.4 Å². The van der Waals surface area contributed by atoms with E-state index in [0.29, 0.717) is 12.2 Å². The summed E-state index contributed by atoms with van der Waals surface area (Å²) < 4.78 is 0. The summed E-state index contributed by atoms with van der Waals surface area (Å²) >= 11 is 0. The molecule has 0 saturated carbocycles. The number of nitrogens with one attached hydrogen (secondary N) is 1. The summed E-state index contributed by atoms with van der Waals surface area (Å²) in [6.07, 6.45) is 0.137. The van der Waals surface area contributed by atoms with Crippen molar-refractivity contribution in [2.24, 2.45) is 5.92 Å². The van der Waals surface area contributed by atoms with Gasteiger partial charge in [0, 0.05) is 24.3 Å². The highest BCUT2D eigenvalue weighted by molar-refractivity contribution is 6.04. The average Bonchev–Trinajstić information content (AvgIpc) is 2.97. The summed E-state index contributed by atoms with van der Waals surface area (Å²) in [6, 6.07) is 11.9. The van der Waals surface area contributed by atoms with Crippen LogP contribution in [0.15, 0.2) is 42.5 Å². The lowest BCUT2D eigenvalue weighted by Crippen LogP contribution is -2.28. The molecule has 3 rings (SSSR count). The molecule has 134 valence electrons. The molecule has 6 nitrogen and oxygen atoms in total. The van der Waals surface area contributed by atoms with E-state index in [0.717, 1.165) is 16.8 Å². The van der Waals surface area contributed by atoms with Crippen LogP contribution in [0.3, 0.4) is 0 Å². The molecule has 1 heterocycles. The van der Waals surface area contributed by atoms with Crippen molar-refractivity contribution in [3.8, 4) is 0 Å². The van der Waals surface area contributed by atoms with Crippen LogP contribution >= 0.6 is 0 Å². The third-order valence-electron chi connectivity index (χ3n) is 4.52. The van der Waals surface area contributed by atoms with Gasteiger partial charge in [0.15, 0.2) is 0 Å². The molecule has 26 heavy (non-hydrogen) atoms. The minimum Gasteiger partial charge on any atom is -0.478 e. The average molecular weight is 352 g/mol. The third-order valence-corrected chi connectivity index (χ3v) is 4.52. The van der Waals surface area contributed by atoms with E-state index in [2.05, 4.69) is 5.32 Å². The van der Waals surface area contributed by atoms with Crippen molar-refractivity contribution in [3.05, 3.63) is 59.2 Å². The van der Waals surface area contributed by atoms with Gasteiger partial charge in [-0.15, -0.1) is 0 Å². The minimum absolute atomic E-state index is 0.0867. The molecule has 0 aromatic heterocycles. The van der Waals surface area contributed by atoms with Crippen LogP contribution in [0, 0.1) is 19.8 Å². The van der Waals surface area contributed by atoms with Gasteiger partial charge in [-0.05, 0) is 43.7 Å². The van der Waals surface area contributed by atoms with Gasteiger partial charge in [0.2, 0.25) is 11.8 Å². The monoisotopic (exact) mass is 352 g/mol. The van der Waals surface area contributed by atoms with Gasteiger partial charge in [0.25, 0.3) is 0 Å². The molecule has 0 unspecified atom stereocenters. The van der Waals surface area contributed by atoms with E-state index in [9.17, 15) is 14.4 Å². The number of carboxylic acids is 1. The van der Waals surface area contributed by atoms with E-state index in [1.165, 1.54) is 12.1 Å². The first-order chi connectivity index (χ1) is 12.3. The first-order valence-corrected chi connectivity index (χ1v) is 8.37. The summed E-state index contributed by atoms with van der Waals surface area (Å²) in [4.78, 5) is 37.6. The number of benzene rings is 2. The number of carbonyl (C=O) groups is 3. The van der Waals surface area contributed by atoms with Gasteiger partial charge in [0.1, 0.15) is 0 Å². The first kappa shape index (κ1) is 17.7. The summed E-state index contributed by atoms with van der Waals surface area (Å²) in [5.74, 6) is -1.90. The lowest BCUT2D eigenvalue weighted by Gasteiger charge is -2.19. The van der Waals surface area contributed by atoms with E-state index in [1.54, 1.807) is 17.0 Å². The molecule has 2 N–H and O–H groups in total. The SMILES string of the molecule is Cc1ccc(N2C[C@@H](C(=O)Nc3cccc(C(=O)O)c3)CC2=O)c(C)c1. The maximum atomic E-state index is 12.5. The molecule has 1 saturated heterocycles. The Kier molecular flexibility index (Phi) is 4.75. The molecular formula is C20H20N2O4. The van der Waals surface area contributed by atoms with Crippen LogP contribution in [0.1, 0.15) is 27.9 Å². The molecule has 6 heteroatoms. The van der Waals surface area contributed by atoms with Crippen LogP contribution in [0.4, 0.5) is 11.4 Å². The van der Waals surface area contributed by atoms with Crippen molar-refractivity contribution in [1.82, 2.24) is 0 Å². The predicted octanol–water partition coefficient (Wildman–Crippen LogP) is 2.99. The standard InChI is InChI=1S/C20H20N2O4/c1-12-6-7-17(13(2)8-12)22-11-15(10-18(22)23)19(24)21-16-5-3-4-14(9-16)20(25)26/h3-9,15H,10-11H2,1-2H3,(H,21,24)(H,25,26)/t15-/m0/s1. The fourth-order valence-corrected chi connectivity index (χ4v) is 3.20. The van der Waals surface area contributed by atoms with Crippen LogP contribution < -0.4 is 10.2 Å². The molecule has 0 spiro atoms. The van der Waals surface area contributed by atoms with Crippen molar-refractivity contribution in [2.75, 3.05) is 16.8 Å². The second-order valence-corrected chi connectivity index (χ2v) is 6.57. The van der Waals surface area contributed by atoms with Crippen LogP contribution in [0.25, 0.3) is 0 Å². The number of rotatable bonds is 4. The molecule has 0 radical (unpaired) electrons. The summed E-state index contributed by atoms with van der Waals surface area (Å²) in [5.41, 5.74) is 3.44. The number of nitrogens with zero attached hydrogens (tertiary/aromatic N) is 1. The topological polar surface area (TPSA) is 86.7 Å². The van der Waals surface area contributed by atoms with Gasteiger partial charge in [-0.2, -0.15) is 0 Å². The highest BCUT2D eigenvalue weighted by Crippen LogP contribution is 2.29. The highest BCUT2D eigenvalue weighted by atomic mass is 16.4. The van der Waals surface area contributed by atoms with Crippen LogP contribution in [0.2, 0.25) is 0 Å². The smallest absolute Gasteiger partial charge is 0.335 e. The van der Waals surface area contributed by atoms with Crippen molar-refractivity contribution in [2.45, 2.75) is 20.3 Å². The van der Waals surface area contributed by atoms with Crippen LogP contribution in [0.5, 0.6) is 0 Å². The Labute approximate surface area is 151 Å². The Balaban J connectivity index is 1.73. The Morgan fingerprint density at radius 1 is 1.15 bits per heavy atom. The largest absolute Gasteiger partial charge is 0.478 e. The summed E-state index contributed by atoms with van der Waals surface area (Å²) in [5, 5.41) is 11.7. The Morgan fingerprint density at radius 3 is 2.62 bits per heavy atom. The van der Waals surface area contributed by atoms with E-state index >= 15 is 0 Å². The highest BCUT2D eigenvalue weighted by Gasteiger charge is 2.35. The van der Waals surface area contributed by atoms with Gasteiger partial charge in [0.05, 0.1) is 11.5 Å². The number of aryl methyl sites for hydroxylation is 2. The Morgan fingerprint density at radius 2 is 1.92 bits per heavy atom. The number of carboxylic acid groups (broad SMARTS) is 1. The van der Waals surface area contributed by atoms with E-state index in [4.69, 9.17) is 5.11 Å². The van der Waals surface area contributed by atoms with E-state index < -0.39 is 11.9 Å². The van der Waals surface area contributed by atoms with Crippen molar-refractivity contribution in [3.63, 3.8) is 0 Å². The number of aromatic carboxylic acids is 1. The molecule has 2 aromatic carbocycles. The lowest BCUT2D eigenvalue weighted by atomic mass is 10.1. The zero-order chi connectivity index (χ0) is 18.8. The summed E-state index contributed by atoms with van der Waals surface area (Å²) in [7, 11) is 0. The van der Waals surface area contributed by atoms with Gasteiger partial charge >= 0.3 is 5.97 Å². The second kappa shape index (κ2) is 7.00. The molecule has 1 fully saturated rings. The van der Waals surface area contributed by atoms with Crippen LogP contribution in [-0.2, 0) is 9.59 Å². The zero-order valence-electron chi connectivity index (χ0n) is 14.7. The first-order valence-electron chi connectivity index (χ1n) is 8.37. The number of hydrogen-bond acceptors (Lipinski definition) is 3. The molecule has 2 amide bonds. The lowest BCUT2D eigenvalue weighted by molar-refractivity contribution is -0.122. The fraction of sp³-hybridized carbons (Fsp3) is 0.250. The second-order valence-electron chi connectivity index (χ2n) is 6.57. The Bertz CT molecular complexity index is 891. The van der Waals surface area contributed by atoms with E-state index in [-0.39, 0.29) is 23.8 Å². The number of hydrogen-bond donors (Lipinski definition) is 2. The molecule has 0 aliphatic carbocycles. The minimum atomic E-state index is -1.06. The maximum Gasteiger partial charge on any atom is 0.335 e. The number of anilines is 2. The fourth-order valence-electron chi connectivity index (χ4n) is 3.20. The third kappa shape index (κ3) is 3.59. The molecule has 1 aliphatic rings. The molecule has 2 aromatic rings. The van der Waals surface area contributed by atoms with E-state index in [1.807, 2.05) is 32.0 Å². The van der Waals surface area contributed by atoms with Gasteiger partial charge < -0.3 is 15.3 Å². The van der Waals surface area contributed by atoms with Gasteiger partial charge in [-0.25, -0.2) is 4.79 Å². The zero-order valence-corrected chi connectivity index (χ0v) is 14.7. The normalized spacial score (nSPS) is 16.6. The van der Waals surface area contributed by atoms with Crippen molar-refractivity contribution >= 4 is 29.2 Å². The number of carbonyl (C=O) groups excluding carboxylic acids is 2. The molecule has 0 bridgehead atoms. The van der Waals surface area contributed by atoms with Crippen molar-refractivity contribution in [1.29, 1.82) is 0 Å². The van der Waals surface area contributed by atoms with Gasteiger partial charge in [-0.1, -0.05) is 23.8 Å². The van der Waals surface area contributed by atoms with Crippen molar-refractivity contribution < 1.29 is 19.5 Å².